The van der Waals surface area contributed by atoms with Gasteiger partial charge in [-0.1, -0.05) is 19.1 Å². The highest BCUT2D eigenvalue weighted by Gasteiger charge is 1.95. The standard InChI is InChI=1S/C10H14N2/c1-3-9-5-4-8(2)10(6-9)7-12-11/h4-7H,3,11H2,1-2H3/b12-7-. The summed E-state index contributed by atoms with van der Waals surface area (Å²) in [4.78, 5) is 0. The highest BCUT2D eigenvalue weighted by atomic mass is 15.1. The van der Waals surface area contributed by atoms with Crippen molar-refractivity contribution >= 4 is 6.21 Å². The number of nitrogens with two attached hydrogens (primary N) is 1. The van der Waals surface area contributed by atoms with Gasteiger partial charge in [-0.2, -0.15) is 5.10 Å². The molecule has 2 nitrogen and oxygen atoms in total. The molecule has 0 amide bonds. The lowest BCUT2D eigenvalue weighted by Gasteiger charge is -2.01. The van der Waals surface area contributed by atoms with Crippen molar-refractivity contribution in [1.82, 2.24) is 0 Å². The maximum atomic E-state index is 5.09. The van der Waals surface area contributed by atoms with Gasteiger partial charge in [0.25, 0.3) is 0 Å². The van der Waals surface area contributed by atoms with Gasteiger partial charge in [0.1, 0.15) is 0 Å². The van der Waals surface area contributed by atoms with Gasteiger partial charge in [0, 0.05) is 0 Å². The van der Waals surface area contributed by atoms with E-state index in [2.05, 4.69) is 37.1 Å². The number of hydrogen-bond donors (Lipinski definition) is 1. The Bertz CT molecular complexity index is 290. The number of aryl methyl sites for hydroxylation is 2. The van der Waals surface area contributed by atoms with Gasteiger partial charge >= 0.3 is 0 Å². The lowest BCUT2D eigenvalue weighted by atomic mass is 10.0. The van der Waals surface area contributed by atoms with E-state index in [1.807, 2.05) is 0 Å². The van der Waals surface area contributed by atoms with E-state index in [4.69, 9.17) is 5.84 Å². The second kappa shape index (κ2) is 3.90. The van der Waals surface area contributed by atoms with Gasteiger partial charge in [0.05, 0.1) is 6.21 Å². The summed E-state index contributed by atoms with van der Waals surface area (Å²) in [7, 11) is 0. The van der Waals surface area contributed by atoms with Crippen molar-refractivity contribution in [2.45, 2.75) is 20.3 Å². The van der Waals surface area contributed by atoms with Crippen LogP contribution in [-0.4, -0.2) is 6.21 Å². The lowest BCUT2D eigenvalue weighted by Crippen LogP contribution is -1.92. The molecule has 2 heteroatoms. The van der Waals surface area contributed by atoms with E-state index in [0.717, 1.165) is 12.0 Å². The first-order valence-electron chi connectivity index (χ1n) is 4.10. The average Bonchev–Trinajstić information content (AvgIpc) is 2.09. The van der Waals surface area contributed by atoms with E-state index in [9.17, 15) is 0 Å². The minimum atomic E-state index is 1.05. The number of hydrogen-bond acceptors (Lipinski definition) is 2. The van der Waals surface area contributed by atoms with Gasteiger partial charge in [-0.3, -0.25) is 0 Å². The smallest absolute Gasteiger partial charge is 0.0540 e. The summed E-state index contributed by atoms with van der Waals surface area (Å²) in [6.45, 7) is 4.19. The van der Waals surface area contributed by atoms with Crippen molar-refractivity contribution in [2.24, 2.45) is 10.9 Å². The molecule has 2 N–H and O–H groups in total. The first-order valence-corrected chi connectivity index (χ1v) is 4.10. The van der Waals surface area contributed by atoms with Gasteiger partial charge in [-0.25, -0.2) is 0 Å². The number of rotatable bonds is 2. The average molecular weight is 162 g/mol. The van der Waals surface area contributed by atoms with Crippen LogP contribution in [0.25, 0.3) is 0 Å². The van der Waals surface area contributed by atoms with Crippen LogP contribution in [0, 0.1) is 6.92 Å². The molecule has 0 saturated carbocycles. The van der Waals surface area contributed by atoms with E-state index < -0.39 is 0 Å². The van der Waals surface area contributed by atoms with Crippen molar-refractivity contribution < 1.29 is 0 Å². The molecule has 0 radical (unpaired) electrons. The third-order valence-electron chi connectivity index (χ3n) is 1.97. The van der Waals surface area contributed by atoms with Crippen LogP contribution in [0.15, 0.2) is 23.3 Å². The minimum absolute atomic E-state index is 1.05. The zero-order valence-electron chi connectivity index (χ0n) is 7.54. The summed E-state index contributed by atoms with van der Waals surface area (Å²) < 4.78 is 0. The number of benzene rings is 1. The highest BCUT2D eigenvalue weighted by Crippen LogP contribution is 2.09. The van der Waals surface area contributed by atoms with Crippen LogP contribution in [0.5, 0.6) is 0 Å². The van der Waals surface area contributed by atoms with Gasteiger partial charge in [-0.15, -0.1) is 0 Å². The fourth-order valence-corrected chi connectivity index (χ4v) is 1.13. The summed E-state index contributed by atoms with van der Waals surface area (Å²) in [6.07, 6.45) is 2.74. The van der Waals surface area contributed by atoms with Gasteiger partial charge < -0.3 is 5.84 Å². The van der Waals surface area contributed by atoms with E-state index in [1.165, 1.54) is 11.1 Å². The van der Waals surface area contributed by atoms with Crippen LogP contribution in [0.1, 0.15) is 23.6 Å². The molecule has 1 rings (SSSR count). The van der Waals surface area contributed by atoms with E-state index in [0.29, 0.717) is 0 Å². The highest BCUT2D eigenvalue weighted by molar-refractivity contribution is 5.81. The summed E-state index contributed by atoms with van der Waals surface area (Å²) in [5, 5.41) is 3.52. The first kappa shape index (κ1) is 8.78. The van der Waals surface area contributed by atoms with Crippen molar-refractivity contribution in [1.29, 1.82) is 0 Å². The molecule has 0 aliphatic heterocycles. The Labute approximate surface area is 73.1 Å². The maximum Gasteiger partial charge on any atom is 0.0540 e. The van der Waals surface area contributed by atoms with Crippen LogP contribution < -0.4 is 5.84 Å². The molecule has 0 fully saturated rings. The van der Waals surface area contributed by atoms with Crippen LogP contribution in [0.2, 0.25) is 0 Å². The fourth-order valence-electron chi connectivity index (χ4n) is 1.13. The predicted molar refractivity (Wildman–Crippen MR) is 52.3 cm³/mol. The Morgan fingerprint density at radius 3 is 2.83 bits per heavy atom. The number of hydrazone groups is 1. The molecule has 0 unspecified atom stereocenters. The van der Waals surface area contributed by atoms with Crippen molar-refractivity contribution in [3.8, 4) is 0 Å². The van der Waals surface area contributed by atoms with Gasteiger partial charge in [-0.05, 0) is 36.1 Å². The minimum Gasteiger partial charge on any atom is -0.323 e. The van der Waals surface area contributed by atoms with Crippen molar-refractivity contribution in [3.63, 3.8) is 0 Å². The molecule has 64 valence electrons. The molecule has 0 aliphatic rings. The van der Waals surface area contributed by atoms with Crippen molar-refractivity contribution in [2.75, 3.05) is 0 Å². The molecule has 0 spiro atoms. The summed E-state index contributed by atoms with van der Waals surface area (Å²) in [5.41, 5.74) is 3.63. The maximum absolute atomic E-state index is 5.09. The Balaban J connectivity index is 3.08. The Morgan fingerprint density at radius 2 is 2.25 bits per heavy atom. The SMILES string of the molecule is CCc1ccc(C)c(/C=N\N)c1. The third-order valence-corrected chi connectivity index (χ3v) is 1.97. The van der Waals surface area contributed by atoms with Gasteiger partial charge in [0.2, 0.25) is 0 Å². The fraction of sp³-hybridized carbons (Fsp3) is 0.300. The molecule has 0 heterocycles. The molecule has 0 aliphatic carbocycles. The Hall–Kier alpha value is -1.31. The molecule has 1 aromatic rings. The molecule has 0 bridgehead atoms. The summed E-state index contributed by atoms with van der Waals surface area (Å²) in [5.74, 6) is 5.09. The second-order valence-corrected chi connectivity index (χ2v) is 2.82. The quantitative estimate of drug-likeness (QED) is 0.402. The second-order valence-electron chi connectivity index (χ2n) is 2.82. The largest absolute Gasteiger partial charge is 0.323 e. The summed E-state index contributed by atoms with van der Waals surface area (Å²) in [6, 6.07) is 6.34. The zero-order chi connectivity index (χ0) is 8.97. The van der Waals surface area contributed by atoms with Crippen LogP contribution in [-0.2, 0) is 6.42 Å². The van der Waals surface area contributed by atoms with E-state index in [1.54, 1.807) is 6.21 Å². The molecular weight excluding hydrogens is 148 g/mol. The summed E-state index contributed by atoms with van der Waals surface area (Å²) >= 11 is 0. The Kier molecular flexibility index (Phi) is 2.86. The van der Waals surface area contributed by atoms with Crippen molar-refractivity contribution in [3.05, 3.63) is 34.9 Å². The third kappa shape index (κ3) is 1.84. The lowest BCUT2D eigenvalue weighted by molar-refractivity contribution is 1.13. The number of nitrogens with zero attached hydrogens (tertiary/aromatic N) is 1. The first-order chi connectivity index (χ1) is 5.77. The topological polar surface area (TPSA) is 38.4 Å². The predicted octanol–water partition coefficient (Wildman–Crippen LogP) is 1.85. The van der Waals surface area contributed by atoms with Crippen LogP contribution in [0.3, 0.4) is 0 Å². The normalized spacial score (nSPS) is 10.8. The monoisotopic (exact) mass is 162 g/mol. The van der Waals surface area contributed by atoms with E-state index in [-0.39, 0.29) is 0 Å². The molecule has 0 atom stereocenters. The van der Waals surface area contributed by atoms with E-state index >= 15 is 0 Å². The molecular formula is C10H14N2. The van der Waals surface area contributed by atoms with Crippen LogP contribution >= 0.6 is 0 Å². The van der Waals surface area contributed by atoms with Crippen LogP contribution in [0.4, 0.5) is 0 Å². The molecule has 0 saturated heterocycles. The Morgan fingerprint density at radius 1 is 1.50 bits per heavy atom. The molecule has 1 aromatic carbocycles. The zero-order valence-corrected chi connectivity index (χ0v) is 7.54. The molecule has 0 aromatic heterocycles. The molecule has 12 heavy (non-hydrogen) atoms. The van der Waals surface area contributed by atoms with Gasteiger partial charge in [0.15, 0.2) is 0 Å².